The fraction of sp³-hybridized carbons (Fsp3) is 0.357. The van der Waals surface area contributed by atoms with Gasteiger partial charge in [-0.2, -0.15) is 5.10 Å². The van der Waals surface area contributed by atoms with Gasteiger partial charge in [-0.3, -0.25) is 4.68 Å². The molecule has 96 valence electrons. The van der Waals surface area contributed by atoms with Crippen molar-refractivity contribution < 1.29 is 4.74 Å². The highest BCUT2D eigenvalue weighted by Gasteiger charge is 2.11. The Morgan fingerprint density at radius 1 is 1.28 bits per heavy atom. The average Bonchev–Trinajstić information content (AvgIpc) is 2.65. The zero-order valence-electron chi connectivity index (χ0n) is 11.1. The first-order valence-corrected chi connectivity index (χ1v) is 6.02. The van der Waals surface area contributed by atoms with Gasteiger partial charge in [-0.05, 0) is 19.9 Å². The fourth-order valence-corrected chi connectivity index (χ4v) is 2.18. The smallest absolute Gasteiger partial charge is 0.123 e. The Labute approximate surface area is 107 Å². The molecule has 0 radical (unpaired) electrons. The molecule has 0 fully saturated rings. The third-order valence-corrected chi connectivity index (χ3v) is 3.25. The van der Waals surface area contributed by atoms with Crippen LogP contribution in [0.1, 0.15) is 22.5 Å². The number of hydrogen-bond donors (Lipinski definition) is 1. The molecule has 0 unspecified atom stereocenters. The molecule has 0 aliphatic heterocycles. The molecule has 0 amide bonds. The Bertz CT molecular complexity index is 546. The lowest BCUT2D eigenvalue weighted by molar-refractivity contribution is 0.407. The second-order valence-electron chi connectivity index (χ2n) is 4.32. The van der Waals surface area contributed by atoms with Crippen LogP contribution in [0.4, 0.5) is 0 Å². The fourth-order valence-electron chi connectivity index (χ4n) is 2.18. The van der Waals surface area contributed by atoms with Crippen LogP contribution in [0, 0.1) is 13.8 Å². The summed E-state index contributed by atoms with van der Waals surface area (Å²) in [7, 11) is 1.69. The summed E-state index contributed by atoms with van der Waals surface area (Å²) in [5, 5.41) is 4.53. The molecule has 0 bridgehead atoms. The molecule has 2 aromatic rings. The standard InChI is InChI=1S/C14H19N3O/c1-10-13(8-15)11(2)17(16-10)9-12-6-4-5-7-14(12)18-3/h4-7H,8-9,15H2,1-3H3. The van der Waals surface area contributed by atoms with Crippen LogP contribution < -0.4 is 10.5 Å². The van der Waals surface area contributed by atoms with Gasteiger partial charge in [0.05, 0.1) is 19.3 Å². The van der Waals surface area contributed by atoms with Gasteiger partial charge >= 0.3 is 0 Å². The van der Waals surface area contributed by atoms with Crippen molar-refractivity contribution in [3.05, 3.63) is 46.8 Å². The van der Waals surface area contributed by atoms with Crippen LogP contribution in [-0.2, 0) is 13.1 Å². The van der Waals surface area contributed by atoms with Crippen molar-refractivity contribution in [1.29, 1.82) is 0 Å². The van der Waals surface area contributed by atoms with E-state index < -0.39 is 0 Å². The van der Waals surface area contributed by atoms with E-state index in [1.165, 1.54) is 0 Å². The molecule has 4 nitrogen and oxygen atoms in total. The Kier molecular flexibility index (Phi) is 3.67. The maximum atomic E-state index is 5.74. The van der Waals surface area contributed by atoms with Crippen molar-refractivity contribution in [2.75, 3.05) is 7.11 Å². The zero-order valence-corrected chi connectivity index (χ0v) is 11.1. The van der Waals surface area contributed by atoms with Gasteiger partial charge in [0, 0.05) is 23.4 Å². The lowest BCUT2D eigenvalue weighted by Crippen LogP contribution is -2.06. The molecule has 1 aromatic carbocycles. The Morgan fingerprint density at radius 3 is 2.61 bits per heavy atom. The Morgan fingerprint density at radius 2 is 2.00 bits per heavy atom. The monoisotopic (exact) mass is 245 g/mol. The quantitative estimate of drug-likeness (QED) is 0.896. The molecule has 4 heteroatoms. The number of aromatic nitrogens is 2. The number of nitrogens with zero attached hydrogens (tertiary/aromatic N) is 2. The number of benzene rings is 1. The van der Waals surface area contributed by atoms with Gasteiger partial charge in [0.2, 0.25) is 0 Å². The number of methoxy groups -OCH3 is 1. The maximum Gasteiger partial charge on any atom is 0.123 e. The van der Waals surface area contributed by atoms with E-state index in [4.69, 9.17) is 10.5 Å². The van der Waals surface area contributed by atoms with Crippen LogP contribution in [0.2, 0.25) is 0 Å². The van der Waals surface area contributed by atoms with Gasteiger partial charge < -0.3 is 10.5 Å². The first-order valence-electron chi connectivity index (χ1n) is 6.02. The molecule has 0 spiro atoms. The number of hydrogen-bond acceptors (Lipinski definition) is 3. The second-order valence-corrected chi connectivity index (χ2v) is 4.32. The minimum Gasteiger partial charge on any atom is -0.496 e. The van der Waals surface area contributed by atoms with E-state index in [2.05, 4.69) is 18.1 Å². The lowest BCUT2D eigenvalue weighted by Gasteiger charge is -2.09. The number of aryl methyl sites for hydroxylation is 1. The molecular weight excluding hydrogens is 226 g/mol. The van der Waals surface area contributed by atoms with Crippen LogP contribution in [0.15, 0.2) is 24.3 Å². The second kappa shape index (κ2) is 5.23. The highest BCUT2D eigenvalue weighted by Crippen LogP contribution is 2.20. The third kappa shape index (κ3) is 2.24. The van der Waals surface area contributed by atoms with E-state index in [1.807, 2.05) is 29.8 Å². The summed E-state index contributed by atoms with van der Waals surface area (Å²) in [6.45, 7) is 5.28. The highest BCUT2D eigenvalue weighted by atomic mass is 16.5. The van der Waals surface area contributed by atoms with E-state index in [-0.39, 0.29) is 0 Å². The van der Waals surface area contributed by atoms with E-state index in [0.717, 1.165) is 28.3 Å². The van der Waals surface area contributed by atoms with Crippen molar-refractivity contribution in [3.8, 4) is 5.75 Å². The normalized spacial score (nSPS) is 10.7. The van der Waals surface area contributed by atoms with Gasteiger partial charge in [0.1, 0.15) is 5.75 Å². The van der Waals surface area contributed by atoms with Gasteiger partial charge in [-0.1, -0.05) is 18.2 Å². The topological polar surface area (TPSA) is 53.1 Å². The minimum atomic E-state index is 0.531. The molecule has 2 N–H and O–H groups in total. The van der Waals surface area contributed by atoms with Crippen LogP contribution in [0.25, 0.3) is 0 Å². The van der Waals surface area contributed by atoms with Gasteiger partial charge in [-0.25, -0.2) is 0 Å². The molecule has 18 heavy (non-hydrogen) atoms. The molecule has 0 atom stereocenters. The highest BCUT2D eigenvalue weighted by molar-refractivity contribution is 5.34. The minimum absolute atomic E-state index is 0.531. The van der Waals surface area contributed by atoms with E-state index in [1.54, 1.807) is 7.11 Å². The van der Waals surface area contributed by atoms with Crippen molar-refractivity contribution in [1.82, 2.24) is 9.78 Å². The van der Waals surface area contributed by atoms with E-state index >= 15 is 0 Å². The molecular formula is C14H19N3O. The van der Waals surface area contributed by atoms with Crippen LogP contribution in [0.5, 0.6) is 5.75 Å². The average molecular weight is 245 g/mol. The Balaban J connectivity index is 2.34. The zero-order chi connectivity index (χ0) is 13.1. The predicted molar refractivity (Wildman–Crippen MR) is 71.7 cm³/mol. The van der Waals surface area contributed by atoms with Gasteiger partial charge in [0.25, 0.3) is 0 Å². The van der Waals surface area contributed by atoms with Crippen molar-refractivity contribution in [2.45, 2.75) is 26.9 Å². The summed E-state index contributed by atoms with van der Waals surface area (Å²) < 4.78 is 7.34. The van der Waals surface area contributed by atoms with E-state index in [9.17, 15) is 0 Å². The van der Waals surface area contributed by atoms with Crippen LogP contribution in [0.3, 0.4) is 0 Å². The maximum absolute atomic E-state index is 5.74. The molecule has 1 heterocycles. The number of para-hydroxylation sites is 1. The SMILES string of the molecule is COc1ccccc1Cn1nc(C)c(CN)c1C. The number of ether oxygens (including phenoxy) is 1. The van der Waals surface area contributed by atoms with Gasteiger partial charge in [-0.15, -0.1) is 0 Å². The summed E-state index contributed by atoms with van der Waals surface area (Å²) in [6.07, 6.45) is 0. The van der Waals surface area contributed by atoms with Crippen molar-refractivity contribution in [2.24, 2.45) is 5.73 Å². The Hall–Kier alpha value is -1.81. The molecule has 0 saturated heterocycles. The first kappa shape index (κ1) is 12.6. The van der Waals surface area contributed by atoms with Crippen molar-refractivity contribution >= 4 is 0 Å². The molecule has 2 rings (SSSR count). The summed E-state index contributed by atoms with van der Waals surface area (Å²) >= 11 is 0. The van der Waals surface area contributed by atoms with Crippen LogP contribution in [-0.4, -0.2) is 16.9 Å². The number of nitrogens with two attached hydrogens (primary N) is 1. The molecule has 1 aromatic heterocycles. The summed E-state index contributed by atoms with van der Waals surface area (Å²) in [5.74, 6) is 0.888. The largest absolute Gasteiger partial charge is 0.496 e. The van der Waals surface area contributed by atoms with Crippen molar-refractivity contribution in [3.63, 3.8) is 0 Å². The summed E-state index contributed by atoms with van der Waals surface area (Å²) in [6, 6.07) is 7.99. The molecule has 0 saturated carbocycles. The number of rotatable bonds is 4. The van der Waals surface area contributed by atoms with Gasteiger partial charge in [0.15, 0.2) is 0 Å². The van der Waals surface area contributed by atoms with E-state index in [0.29, 0.717) is 13.1 Å². The summed E-state index contributed by atoms with van der Waals surface area (Å²) in [4.78, 5) is 0. The van der Waals surface area contributed by atoms with Crippen LogP contribution >= 0.6 is 0 Å². The predicted octanol–water partition coefficient (Wildman–Crippen LogP) is 2.02. The summed E-state index contributed by atoms with van der Waals surface area (Å²) in [5.41, 5.74) is 10.1. The molecule has 0 aliphatic carbocycles. The third-order valence-electron chi connectivity index (χ3n) is 3.25. The first-order chi connectivity index (χ1) is 8.67. The molecule has 0 aliphatic rings. The lowest BCUT2D eigenvalue weighted by atomic mass is 10.2.